The van der Waals surface area contributed by atoms with Crippen LogP contribution in [0.2, 0.25) is 0 Å². The molecular weight excluding hydrogens is 264 g/mol. The number of benzene rings is 2. The van der Waals surface area contributed by atoms with E-state index in [0.717, 1.165) is 18.2 Å². The summed E-state index contributed by atoms with van der Waals surface area (Å²) >= 11 is 0. The van der Waals surface area contributed by atoms with Crippen molar-refractivity contribution in [1.82, 2.24) is 0 Å². The number of hydrogen-bond donors (Lipinski definition) is 1. The van der Waals surface area contributed by atoms with Gasteiger partial charge in [0.2, 0.25) is 0 Å². The van der Waals surface area contributed by atoms with E-state index in [2.05, 4.69) is 5.32 Å². The van der Waals surface area contributed by atoms with Crippen LogP contribution in [0, 0.1) is 11.6 Å². The van der Waals surface area contributed by atoms with Crippen LogP contribution in [0.1, 0.15) is 17.3 Å². The third-order valence-electron chi connectivity index (χ3n) is 2.56. The first-order valence-electron chi connectivity index (χ1n) is 6.09. The first kappa shape index (κ1) is 14.0. The van der Waals surface area contributed by atoms with Crippen LogP contribution in [-0.4, -0.2) is 12.6 Å². The maximum absolute atomic E-state index is 13.1. The number of rotatable bonds is 4. The van der Waals surface area contributed by atoms with Gasteiger partial charge in [0.25, 0.3) is 0 Å². The SMILES string of the molecule is CCOC(=O)c1ccccc1Nc1cc(F)cc(F)c1. The molecule has 5 heteroatoms. The Bertz CT molecular complexity index is 609. The minimum absolute atomic E-state index is 0.222. The summed E-state index contributed by atoms with van der Waals surface area (Å²) in [7, 11) is 0. The molecular formula is C15H13F2NO2. The van der Waals surface area contributed by atoms with Gasteiger partial charge >= 0.3 is 5.97 Å². The van der Waals surface area contributed by atoms with Crippen LogP contribution in [0.25, 0.3) is 0 Å². The first-order valence-corrected chi connectivity index (χ1v) is 6.09. The van der Waals surface area contributed by atoms with Crippen molar-refractivity contribution < 1.29 is 18.3 Å². The van der Waals surface area contributed by atoms with Crippen molar-refractivity contribution in [2.45, 2.75) is 6.92 Å². The van der Waals surface area contributed by atoms with E-state index in [9.17, 15) is 13.6 Å². The molecule has 0 fully saturated rings. The maximum Gasteiger partial charge on any atom is 0.340 e. The number of para-hydroxylation sites is 1. The number of carbonyl (C=O) groups is 1. The van der Waals surface area contributed by atoms with Gasteiger partial charge in [-0.25, -0.2) is 13.6 Å². The van der Waals surface area contributed by atoms with Crippen molar-refractivity contribution in [3.05, 3.63) is 59.7 Å². The van der Waals surface area contributed by atoms with E-state index < -0.39 is 17.6 Å². The minimum atomic E-state index is -0.693. The summed E-state index contributed by atoms with van der Waals surface area (Å²) in [4.78, 5) is 11.8. The van der Waals surface area contributed by atoms with Gasteiger partial charge in [-0.3, -0.25) is 0 Å². The van der Waals surface area contributed by atoms with Gasteiger partial charge < -0.3 is 10.1 Å². The average molecular weight is 277 g/mol. The van der Waals surface area contributed by atoms with Gasteiger partial charge in [-0.2, -0.15) is 0 Å². The summed E-state index contributed by atoms with van der Waals surface area (Å²) < 4.78 is 31.2. The quantitative estimate of drug-likeness (QED) is 0.862. The molecule has 0 bridgehead atoms. The highest BCUT2D eigenvalue weighted by molar-refractivity contribution is 5.96. The Kier molecular flexibility index (Phi) is 4.30. The van der Waals surface area contributed by atoms with Crippen LogP contribution < -0.4 is 5.32 Å². The highest BCUT2D eigenvalue weighted by Gasteiger charge is 2.12. The van der Waals surface area contributed by atoms with E-state index in [1.54, 1.807) is 31.2 Å². The number of nitrogens with one attached hydrogen (secondary N) is 1. The summed E-state index contributed by atoms with van der Waals surface area (Å²) in [6.45, 7) is 1.96. The Balaban J connectivity index is 2.31. The predicted molar refractivity (Wildman–Crippen MR) is 72.0 cm³/mol. The zero-order chi connectivity index (χ0) is 14.5. The van der Waals surface area contributed by atoms with Gasteiger partial charge in [0, 0.05) is 11.8 Å². The Labute approximate surface area is 115 Å². The lowest BCUT2D eigenvalue weighted by Gasteiger charge is -2.11. The molecule has 0 saturated carbocycles. The van der Waals surface area contributed by atoms with Crippen molar-refractivity contribution >= 4 is 17.3 Å². The highest BCUT2D eigenvalue weighted by atomic mass is 19.1. The smallest absolute Gasteiger partial charge is 0.340 e. The molecule has 0 aliphatic carbocycles. The molecule has 0 unspecified atom stereocenters. The summed E-state index contributed by atoms with van der Waals surface area (Å²) in [6.07, 6.45) is 0. The zero-order valence-electron chi connectivity index (χ0n) is 10.8. The number of anilines is 2. The molecule has 0 saturated heterocycles. The topological polar surface area (TPSA) is 38.3 Å². The fraction of sp³-hybridized carbons (Fsp3) is 0.133. The molecule has 0 aliphatic rings. The number of hydrogen-bond acceptors (Lipinski definition) is 3. The number of halogens is 2. The Hall–Kier alpha value is -2.43. The lowest BCUT2D eigenvalue weighted by Crippen LogP contribution is -2.07. The van der Waals surface area contributed by atoms with Gasteiger partial charge in [0.1, 0.15) is 11.6 Å². The normalized spacial score (nSPS) is 10.2. The molecule has 0 heterocycles. The second-order valence-electron chi connectivity index (χ2n) is 4.05. The predicted octanol–water partition coefficient (Wildman–Crippen LogP) is 3.89. The van der Waals surface area contributed by atoms with Crippen molar-refractivity contribution in [3.8, 4) is 0 Å². The molecule has 0 amide bonds. The second kappa shape index (κ2) is 6.14. The molecule has 0 radical (unpaired) electrons. The van der Waals surface area contributed by atoms with E-state index in [-0.39, 0.29) is 12.3 Å². The van der Waals surface area contributed by atoms with Crippen LogP contribution in [0.4, 0.5) is 20.2 Å². The number of ether oxygens (including phenoxy) is 1. The average Bonchev–Trinajstić information content (AvgIpc) is 2.38. The lowest BCUT2D eigenvalue weighted by molar-refractivity contribution is 0.0527. The summed E-state index contributed by atoms with van der Waals surface area (Å²) in [5.74, 6) is -1.88. The Morgan fingerprint density at radius 1 is 1.15 bits per heavy atom. The first-order chi connectivity index (χ1) is 9.60. The summed E-state index contributed by atoms with van der Waals surface area (Å²) in [6, 6.07) is 9.67. The Morgan fingerprint density at radius 3 is 2.45 bits per heavy atom. The van der Waals surface area contributed by atoms with E-state index >= 15 is 0 Å². The standard InChI is InChI=1S/C15H13F2NO2/c1-2-20-15(19)13-5-3-4-6-14(13)18-12-8-10(16)7-11(17)9-12/h3-9,18H,2H2,1H3. The van der Waals surface area contributed by atoms with Crippen LogP contribution >= 0.6 is 0 Å². The fourth-order valence-electron chi connectivity index (χ4n) is 1.76. The number of esters is 1. The summed E-state index contributed by atoms with van der Waals surface area (Å²) in [5.41, 5.74) is 0.953. The Morgan fingerprint density at radius 2 is 1.80 bits per heavy atom. The molecule has 2 rings (SSSR count). The fourth-order valence-corrected chi connectivity index (χ4v) is 1.76. The molecule has 1 N–H and O–H groups in total. The van der Waals surface area contributed by atoms with Crippen molar-refractivity contribution in [3.63, 3.8) is 0 Å². The molecule has 3 nitrogen and oxygen atoms in total. The van der Waals surface area contributed by atoms with Gasteiger partial charge in [-0.15, -0.1) is 0 Å². The van der Waals surface area contributed by atoms with E-state index in [1.165, 1.54) is 0 Å². The minimum Gasteiger partial charge on any atom is -0.462 e. The monoisotopic (exact) mass is 277 g/mol. The van der Waals surface area contributed by atoms with Crippen LogP contribution in [0.3, 0.4) is 0 Å². The molecule has 104 valence electrons. The second-order valence-corrected chi connectivity index (χ2v) is 4.05. The highest BCUT2D eigenvalue weighted by Crippen LogP contribution is 2.23. The molecule has 0 spiro atoms. The molecule has 0 aliphatic heterocycles. The van der Waals surface area contributed by atoms with E-state index in [1.807, 2.05) is 0 Å². The van der Waals surface area contributed by atoms with Gasteiger partial charge in [0.05, 0.1) is 17.9 Å². The molecule has 2 aromatic carbocycles. The van der Waals surface area contributed by atoms with E-state index in [0.29, 0.717) is 11.3 Å². The molecule has 0 atom stereocenters. The van der Waals surface area contributed by atoms with Crippen LogP contribution in [0.15, 0.2) is 42.5 Å². The van der Waals surface area contributed by atoms with Gasteiger partial charge in [-0.1, -0.05) is 12.1 Å². The van der Waals surface area contributed by atoms with Crippen LogP contribution in [-0.2, 0) is 4.74 Å². The number of carbonyl (C=O) groups excluding carboxylic acids is 1. The van der Waals surface area contributed by atoms with Crippen molar-refractivity contribution in [1.29, 1.82) is 0 Å². The van der Waals surface area contributed by atoms with E-state index in [4.69, 9.17) is 4.74 Å². The van der Waals surface area contributed by atoms with Gasteiger partial charge in [-0.05, 0) is 31.2 Å². The molecule has 0 aromatic heterocycles. The maximum atomic E-state index is 13.1. The van der Waals surface area contributed by atoms with Crippen LogP contribution in [0.5, 0.6) is 0 Å². The largest absolute Gasteiger partial charge is 0.462 e. The lowest BCUT2D eigenvalue weighted by atomic mass is 10.1. The third kappa shape index (κ3) is 3.32. The van der Waals surface area contributed by atoms with Crippen molar-refractivity contribution in [2.75, 3.05) is 11.9 Å². The van der Waals surface area contributed by atoms with Crippen molar-refractivity contribution in [2.24, 2.45) is 0 Å². The zero-order valence-corrected chi connectivity index (χ0v) is 10.8. The van der Waals surface area contributed by atoms with Gasteiger partial charge in [0.15, 0.2) is 0 Å². The summed E-state index contributed by atoms with van der Waals surface area (Å²) in [5, 5.41) is 2.81. The third-order valence-corrected chi connectivity index (χ3v) is 2.56. The molecule has 20 heavy (non-hydrogen) atoms. The molecule has 2 aromatic rings.